The Morgan fingerprint density at radius 2 is 1.96 bits per heavy atom. The zero-order chi connectivity index (χ0) is 16.9. The summed E-state index contributed by atoms with van der Waals surface area (Å²) in [5.74, 6) is -0.477. The molecule has 0 aliphatic carbocycles. The Morgan fingerprint density at radius 1 is 1.17 bits per heavy atom. The average molecular weight is 327 g/mol. The quantitative estimate of drug-likeness (QED) is 0.760. The SMILES string of the molecule is O=C(O)c1cccc(CC2CCCN2)c1OCc1ccccc1O. The third kappa shape index (κ3) is 3.68. The number of carbonyl (C=O) groups is 1. The number of rotatable bonds is 6. The molecule has 0 bridgehead atoms. The van der Waals surface area contributed by atoms with Crippen molar-refractivity contribution in [3.05, 3.63) is 59.2 Å². The van der Waals surface area contributed by atoms with Gasteiger partial charge < -0.3 is 20.3 Å². The Bertz CT molecular complexity index is 723. The average Bonchev–Trinajstić information content (AvgIpc) is 3.07. The van der Waals surface area contributed by atoms with Gasteiger partial charge in [-0.1, -0.05) is 30.3 Å². The van der Waals surface area contributed by atoms with Gasteiger partial charge in [0.05, 0.1) is 0 Å². The number of phenolic OH excluding ortho intramolecular Hbond substituents is 1. The third-order valence-electron chi connectivity index (χ3n) is 4.32. The molecule has 5 nitrogen and oxygen atoms in total. The molecule has 2 aromatic rings. The molecule has 1 atom stereocenters. The summed E-state index contributed by atoms with van der Waals surface area (Å²) in [5.41, 5.74) is 1.66. The molecule has 0 saturated carbocycles. The third-order valence-corrected chi connectivity index (χ3v) is 4.32. The molecule has 5 heteroatoms. The molecule has 126 valence electrons. The fourth-order valence-electron chi connectivity index (χ4n) is 3.06. The molecule has 1 aliphatic rings. The molecule has 0 amide bonds. The van der Waals surface area contributed by atoms with E-state index >= 15 is 0 Å². The first-order chi connectivity index (χ1) is 11.6. The summed E-state index contributed by atoms with van der Waals surface area (Å²) in [6.07, 6.45) is 2.95. The fraction of sp³-hybridized carbons (Fsp3) is 0.316. The van der Waals surface area contributed by atoms with Crippen LogP contribution in [0.2, 0.25) is 0 Å². The van der Waals surface area contributed by atoms with Crippen LogP contribution in [0.4, 0.5) is 0 Å². The van der Waals surface area contributed by atoms with E-state index in [0.29, 0.717) is 17.4 Å². The second kappa shape index (κ2) is 7.36. The van der Waals surface area contributed by atoms with Crippen LogP contribution in [0.1, 0.15) is 34.3 Å². The second-order valence-corrected chi connectivity index (χ2v) is 6.01. The predicted molar refractivity (Wildman–Crippen MR) is 90.6 cm³/mol. The van der Waals surface area contributed by atoms with Crippen LogP contribution in [0.25, 0.3) is 0 Å². The Morgan fingerprint density at radius 3 is 2.67 bits per heavy atom. The first kappa shape index (κ1) is 16.3. The number of aromatic carboxylic acids is 1. The van der Waals surface area contributed by atoms with Crippen LogP contribution in [0, 0.1) is 0 Å². The van der Waals surface area contributed by atoms with Crippen molar-refractivity contribution in [3.63, 3.8) is 0 Å². The number of phenols is 1. The molecule has 1 heterocycles. The highest BCUT2D eigenvalue weighted by Gasteiger charge is 2.21. The van der Waals surface area contributed by atoms with E-state index < -0.39 is 5.97 Å². The van der Waals surface area contributed by atoms with Gasteiger partial charge in [-0.05, 0) is 43.5 Å². The number of ether oxygens (including phenoxy) is 1. The normalized spacial score (nSPS) is 16.9. The van der Waals surface area contributed by atoms with Gasteiger partial charge >= 0.3 is 5.97 Å². The summed E-state index contributed by atoms with van der Waals surface area (Å²) in [5, 5.41) is 22.7. The number of hydrogen-bond acceptors (Lipinski definition) is 4. The van der Waals surface area contributed by atoms with Crippen LogP contribution >= 0.6 is 0 Å². The maximum Gasteiger partial charge on any atom is 0.339 e. The first-order valence-corrected chi connectivity index (χ1v) is 8.13. The molecule has 3 rings (SSSR count). The maximum atomic E-state index is 11.5. The monoisotopic (exact) mass is 327 g/mol. The summed E-state index contributed by atoms with van der Waals surface area (Å²) in [6.45, 7) is 1.12. The maximum absolute atomic E-state index is 11.5. The summed E-state index contributed by atoms with van der Waals surface area (Å²) < 4.78 is 5.84. The molecule has 1 aliphatic heterocycles. The largest absolute Gasteiger partial charge is 0.508 e. The van der Waals surface area contributed by atoms with Gasteiger partial charge in [0.1, 0.15) is 23.7 Å². The van der Waals surface area contributed by atoms with Gasteiger partial charge in [-0.3, -0.25) is 0 Å². The molecule has 0 aromatic heterocycles. The lowest BCUT2D eigenvalue weighted by Gasteiger charge is -2.17. The van der Waals surface area contributed by atoms with Crippen molar-refractivity contribution in [1.29, 1.82) is 0 Å². The number of para-hydroxylation sites is 2. The van der Waals surface area contributed by atoms with Gasteiger partial charge in [0, 0.05) is 11.6 Å². The molecule has 1 fully saturated rings. The summed E-state index contributed by atoms with van der Waals surface area (Å²) >= 11 is 0. The zero-order valence-electron chi connectivity index (χ0n) is 13.4. The molecule has 24 heavy (non-hydrogen) atoms. The Balaban J connectivity index is 1.85. The molecule has 0 spiro atoms. The Kier molecular flexibility index (Phi) is 5.01. The van der Waals surface area contributed by atoms with Crippen LogP contribution in [-0.2, 0) is 13.0 Å². The molecule has 1 unspecified atom stereocenters. The predicted octanol–water partition coefficient (Wildman–Crippen LogP) is 2.96. The van der Waals surface area contributed by atoms with Crippen molar-refractivity contribution in [3.8, 4) is 11.5 Å². The van der Waals surface area contributed by atoms with Crippen LogP contribution in [0.3, 0.4) is 0 Å². The highest BCUT2D eigenvalue weighted by atomic mass is 16.5. The second-order valence-electron chi connectivity index (χ2n) is 6.01. The van der Waals surface area contributed by atoms with Crippen LogP contribution in [-0.4, -0.2) is 28.8 Å². The van der Waals surface area contributed by atoms with Gasteiger partial charge in [0.2, 0.25) is 0 Å². The van der Waals surface area contributed by atoms with E-state index in [4.69, 9.17) is 4.74 Å². The minimum Gasteiger partial charge on any atom is -0.508 e. The number of carboxylic acid groups (broad SMARTS) is 1. The summed E-state index contributed by atoms with van der Waals surface area (Å²) in [7, 11) is 0. The number of carboxylic acids is 1. The number of nitrogens with one attached hydrogen (secondary N) is 1. The van der Waals surface area contributed by atoms with Gasteiger partial charge in [-0.2, -0.15) is 0 Å². The topological polar surface area (TPSA) is 78.8 Å². The highest BCUT2D eigenvalue weighted by Crippen LogP contribution is 2.29. The van der Waals surface area contributed by atoms with Crippen molar-refractivity contribution < 1.29 is 19.7 Å². The minimum absolute atomic E-state index is 0.127. The zero-order valence-corrected chi connectivity index (χ0v) is 13.4. The van der Waals surface area contributed by atoms with E-state index in [2.05, 4.69) is 5.32 Å². The smallest absolute Gasteiger partial charge is 0.339 e. The Hall–Kier alpha value is -2.53. The van der Waals surface area contributed by atoms with E-state index in [9.17, 15) is 15.0 Å². The van der Waals surface area contributed by atoms with Crippen molar-refractivity contribution >= 4 is 5.97 Å². The van der Waals surface area contributed by atoms with Crippen molar-refractivity contribution in [2.75, 3.05) is 6.54 Å². The van der Waals surface area contributed by atoms with Crippen LogP contribution in [0.15, 0.2) is 42.5 Å². The number of aromatic hydroxyl groups is 1. The van der Waals surface area contributed by atoms with E-state index in [-0.39, 0.29) is 17.9 Å². The van der Waals surface area contributed by atoms with Crippen molar-refractivity contribution in [1.82, 2.24) is 5.32 Å². The lowest BCUT2D eigenvalue weighted by molar-refractivity contribution is 0.0691. The lowest BCUT2D eigenvalue weighted by Crippen LogP contribution is -2.24. The summed E-state index contributed by atoms with van der Waals surface area (Å²) in [6, 6.07) is 12.5. The summed E-state index contributed by atoms with van der Waals surface area (Å²) in [4.78, 5) is 11.5. The van der Waals surface area contributed by atoms with Gasteiger partial charge in [0.15, 0.2) is 0 Å². The standard InChI is InChI=1S/C19H21NO4/c21-17-9-2-1-5-14(17)12-24-18-13(11-15-7-4-10-20-15)6-3-8-16(18)19(22)23/h1-3,5-6,8-9,15,20-21H,4,7,10-12H2,(H,22,23). The van der Waals surface area contributed by atoms with E-state index in [1.807, 2.05) is 12.1 Å². The Labute approximate surface area is 140 Å². The fourth-order valence-corrected chi connectivity index (χ4v) is 3.06. The first-order valence-electron chi connectivity index (χ1n) is 8.13. The van der Waals surface area contributed by atoms with Crippen LogP contribution in [0.5, 0.6) is 11.5 Å². The molecule has 3 N–H and O–H groups in total. The van der Waals surface area contributed by atoms with Crippen LogP contribution < -0.4 is 10.1 Å². The van der Waals surface area contributed by atoms with Crippen molar-refractivity contribution in [2.45, 2.75) is 31.9 Å². The van der Waals surface area contributed by atoms with Gasteiger partial charge in [0.25, 0.3) is 0 Å². The van der Waals surface area contributed by atoms with Crippen molar-refractivity contribution in [2.24, 2.45) is 0 Å². The number of hydrogen-bond donors (Lipinski definition) is 3. The highest BCUT2D eigenvalue weighted by molar-refractivity contribution is 5.91. The molecule has 1 saturated heterocycles. The lowest BCUT2D eigenvalue weighted by atomic mass is 10.0. The molecular weight excluding hydrogens is 306 g/mol. The molecule has 0 radical (unpaired) electrons. The number of benzene rings is 2. The molecule has 2 aromatic carbocycles. The van der Waals surface area contributed by atoms with Gasteiger partial charge in [-0.15, -0.1) is 0 Å². The van der Waals surface area contributed by atoms with E-state index in [0.717, 1.165) is 31.4 Å². The van der Waals surface area contributed by atoms with E-state index in [1.54, 1.807) is 30.3 Å². The minimum atomic E-state index is -1.01. The van der Waals surface area contributed by atoms with E-state index in [1.165, 1.54) is 0 Å². The van der Waals surface area contributed by atoms with Gasteiger partial charge in [-0.25, -0.2) is 4.79 Å². The molecular formula is C19H21NO4.